The van der Waals surface area contributed by atoms with Crippen LogP contribution in [-0.2, 0) is 11.3 Å². The highest BCUT2D eigenvalue weighted by Gasteiger charge is 2.30. The van der Waals surface area contributed by atoms with Crippen LogP contribution in [0.4, 0.5) is 29.7 Å². The summed E-state index contributed by atoms with van der Waals surface area (Å²) in [6.07, 6.45) is 34.3. The molecule has 14 rings (SSSR count). The number of hydrogen-bond donors (Lipinski definition) is 14. The molecule has 0 unspecified atom stereocenters. The standard InChI is InChI=1S/C33H45N3O.C19H21BN2O2.C18H22N2O.C9H17BN2O.C9H14BNO3.2C8H15BN2O/c1-3-5-22-36(23-6-4-2)30-20-16-27(17-21-30)25-34-24-26-14-18-29(19-15-26)35-33(37)32-13-9-11-28-10-7-8-12-31(28)32;20-19(24)21-12-13-8-10-15(11-9-13)22-18(23)17-7-3-5-14-4-1-2-6-16(14)17;19-12-13-8-10-15(11-9-13)20-18(21)17-7-3-5-14-4-1-2-6-16(14)17;1-11-8-4-2-7(3-5-8)6-12-9(10)13;10-9(14)11-5-6-1-3-7(4-2-6)8(12)13;2*9-8(12)11-5-6-1-3-7(10)4-2-6/h7-13,16-17,20-21,26,29,34H,3-6,14-15,18-19,22-25H2,1-2H3,(H,35,37);1-7,13,15H,8-12H2,(H,21,24)(H,22,23);1-7,13,15H,8-12,19H2,(H,20,21);7-8,11H,2-6H2,1H3,(H,12,13);6-7H,1-5H2,(H,11,14)(H,12,13);2*6-7H,1-5,10H2,(H,11,12). The van der Waals surface area contributed by atoms with Crippen molar-refractivity contribution in [2.24, 2.45) is 64.5 Å². The van der Waals surface area contributed by atoms with E-state index in [1.54, 1.807) is 0 Å². The Hall–Kier alpha value is -9.53. The van der Waals surface area contributed by atoms with Gasteiger partial charge in [-0.05, 0) is 322 Å². The van der Waals surface area contributed by atoms with E-state index in [4.69, 9.17) is 61.5 Å². The van der Waals surface area contributed by atoms with Gasteiger partial charge in [0, 0.05) is 111 Å². The highest BCUT2D eigenvalue weighted by atomic mass is 16.4. The number of benzene rings is 7. The number of carboxylic acid groups (broad SMARTS) is 1. The van der Waals surface area contributed by atoms with Crippen LogP contribution in [0.2, 0.25) is 0 Å². The van der Waals surface area contributed by atoms with Crippen molar-refractivity contribution in [1.82, 2.24) is 53.2 Å². The normalized spacial score (nSPS) is 23.1. The molecule has 0 heterocycles. The Balaban J connectivity index is 0.000000200. The first-order chi connectivity index (χ1) is 64.3. The van der Waals surface area contributed by atoms with E-state index in [-0.39, 0.29) is 35.7 Å². The quantitative estimate of drug-likeness (QED) is 0.0186. The molecule has 133 heavy (non-hydrogen) atoms. The Morgan fingerprint density at radius 1 is 0.346 bits per heavy atom. The zero-order valence-corrected chi connectivity index (χ0v) is 79.4. The van der Waals surface area contributed by atoms with Crippen LogP contribution >= 0.6 is 0 Å². The summed E-state index contributed by atoms with van der Waals surface area (Å²) in [7, 11) is 27.0. The number of anilines is 1. The second-order valence-corrected chi connectivity index (χ2v) is 37.7. The Morgan fingerprint density at radius 3 is 0.917 bits per heavy atom. The van der Waals surface area contributed by atoms with Gasteiger partial charge >= 0.3 is 5.97 Å². The highest BCUT2D eigenvalue weighted by molar-refractivity contribution is 6.58. The van der Waals surface area contributed by atoms with E-state index < -0.39 is 35.0 Å². The summed E-state index contributed by atoms with van der Waals surface area (Å²) in [6.45, 7) is 12.9. The number of hydrogen-bond acceptors (Lipinski definition) is 15. The minimum atomic E-state index is -0.702. The van der Waals surface area contributed by atoms with E-state index in [1.807, 2.05) is 122 Å². The number of nitrogens with zero attached hydrogens (tertiary/aromatic N) is 1. The molecule has 0 aliphatic heterocycles. The van der Waals surface area contributed by atoms with Crippen molar-refractivity contribution < 1.29 is 48.3 Å². The fourth-order valence-corrected chi connectivity index (χ4v) is 19.2. The van der Waals surface area contributed by atoms with Crippen LogP contribution in [0.5, 0.6) is 0 Å². The molecule has 17 N–H and O–H groups in total. The Kier molecular flexibility index (Phi) is 49.7. The topological polar surface area (TPSA) is 375 Å². The van der Waals surface area contributed by atoms with E-state index >= 15 is 0 Å². The molecule has 24 nitrogen and oxygen atoms in total. The lowest BCUT2D eigenvalue weighted by Gasteiger charge is -2.29. The molecule has 0 aromatic heterocycles. The van der Waals surface area contributed by atoms with Gasteiger partial charge in [-0.3, -0.25) is 43.2 Å². The molecule has 710 valence electrons. The van der Waals surface area contributed by atoms with Gasteiger partial charge in [-0.25, -0.2) is 0 Å². The number of unbranched alkanes of at least 4 members (excludes halogenated alkanes) is 2. The molecule has 7 aromatic carbocycles. The average molecular weight is 1810 g/mol. The zero-order chi connectivity index (χ0) is 95.7. The number of nitrogens with one attached hydrogen (secondary N) is 10. The second-order valence-electron chi connectivity index (χ2n) is 37.7. The van der Waals surface area contributed by atoms with Crippen LogP contribution in [0.25, 0.3) is 32.3 Å². The number of amides is 8. The number of aliphatic carboxylic acids is 1. The molecule has 0 atom stereocenters. The maximum absolute atomic E-state index is 13.0. The number of carbonyl (C=O) groups excluding carboxylic acids is 8. The smallest absolute Gasteiger partial charge is 0.306 e. The molecule has 7 saturated carbocycles. The molecule has 7 fully saturated rings. The molecule has 7 aliphatic rings. The molecule has 0 saturated heterocycles. The maximum atomic E-state index is 13.0. The van der Waals surface area contributed by atoms with Crippen molar-refractivity contribution in [2.75, 3.05) is 70.9 Å². The molecule has 29 heteroatoms. The van der Waals surface area contributed by atoms with Crippen molar-refractivity contribution in [3.05, 3.63) is 174 Å². The summed E-state index contributed by atoms with van der Waals surface area (Å²) < 4.78 is 0. The van der Waals surface area contributed by atoms with Gasteiger partial charge in [0.25, 0.3) is 17.7 Å². The van der Waals surface area contributed by atoms with Gasteiger partial charge in [0.1, 0.15) is 0 Å². The molecular formula is C104H149B5N14O10. The number of carbonyl (C=O) groups is 9. The van der Waals surface area contributed by atoms with Gasteiger partial charge in [0.2, 0.25) is 0 Å². The first-order valence-electron chi connectivity index (χ1n) is 49.4. The SMILES string of the molecule is CCCCN(CCCC)c1ccc(CNCC2CCC(NC(=O)c3cccc4ccccc34)CC2)cc1.NCC1CCC(NC(=O)c2cccc3ccccc23)CC1.[B]C(=O)NCC1CCC(C(=O)O)CC1.[B]C(=O)NCC1CCC(N)CC1.[B]C(=O)NCC1CCC(N)CC1.[B]C(=O)NCC1CCC(NC(=O)c2cccc3ccccc23)CC1.[B]C(=O)NCC1CCC(NC)CC1. The van der Waals surface area contributed by atoms with E-state index in [1.165, 1.54) is 62.6 Å². The predicted molar refractivity (Wildman–Crippen MR) is 544 cm³/mol. The number of rotatable bonds is 30. The van der Waals surface area contributed by atoms with Gasteiger partial charge < -0.3 is 80.4 Å². The Bertz CT molecular complexity index is 4580. The minimum absolute atomic E-state index is 0.00879. The Morgan fingerprint density at radius 2 is 0.624 bits per heavy atom. The van der Waals surface area contributed by atoms with Crippen molar-refractivity contribution in [3.8, 4) is 0 Å². The van der Waals surface area contributed by atoms with Crippen LogP contribution < -0.4 is 75.3 Å². The van der Waals surface area contributed by atoms with Gasteiger partial charge in [-0.1, -0.05) is 148 Å². The first-order valence-corrected chi connectivity index (χ1v) is 49.4. The summed E-state index contributed by atoms with van der Waals surface area (Å²) in [5.41, 5.74) is 22.2. The average Bonchev–Trinajstić information content (AvgIpc) is 0.821. The van der Waals surface area contributed by atoms with Gasteiger partial charge in [0.05, 0.1) is 5.92 Å². The fraction of sp³-hybridized carbons (Fsp3) is 0.567. The van der Waals surface area contributed by atoms with Gasteiger partial charge in [0.15, 0.2) is 68.3 Å². The summed E-state index contributed by atoms with van der Waals surface area (Å²) >= 11 is 0. The minimum Gasteiger partial charge on any atom is -0.481 e. The fourth-order valence-electron chi connectivity index (χ4n) is 19.2. The van der Waals surface area contributed by atoms with Crippen molar-refractivity contribution in [3.63, 3.8) is 0 Å². The summed E-state index contributed by atoms with van der Waals surface area (Å²) in [6, 6.07) is 53.1. The molecule has 0 spiro atoms. The van der Waals surface area contributed by atoms with Gasteiger partial charge in [-0.15, -0.1) is 0 Å². The highest BCUT2D eigenvalue weighted by Crippen LogP contribution is 2.33. The van der Waals surface area contributed by atoms with Crippen molar-refractivity contribution in [2.45, 2.75) is 262 Å². The lowest BCUT2D eigenvalue weighted by molar-refractivity contribution is -0.143. The second kappa shape index (κ2) is 60.8. The van der Waals surface area contributed by atoms with E-state index in [0.29, 0.717) is 105 Å². The molecule has 7 aromatic rings. The molecular weight excluding hydrogens is 1660 g/mol. The Labute approximate surface area is 798 Å². The predicted octanol–water partition coefficient (Wildman–Crippen LogP) is 15.6. The molecule has 8 amide bonds. The van der Waals surface area contributed by atoms with Crippen molar-refractivity contribution in [1.29, 1.82) is 0 Å². The molecule has 7 aliphatic carbocycles. The van der Waals surface area contributed by atoms with Crippen LogP contribution in [0, 0.1) is 47.3 Å². The summed E-state index contributed by atoms with van der Waals surface area (Å²) in [5, 5.41) is 44.9. The maximum Gasteiger partial charge on any atom is 0.306 e. The van der Waals surface area contributed by atoms with E-state index in [9.17, 15) is 43.2 Å². The third-order valence-corrected chi connectivity index (χ3v) is 27.7. The van der Waals surface area contributed by atoms with Crippen LogP contribution in [-0.4, -0.2) is 199 Å². The lowest BCUT2D eigenvalue weighted by atomic mass is 9.82. The van der Waals surface area contributed by atoms with E-state index in [0.717, 1.165) is 230 Å². The van der Waals surface area contributed by atoms with Crippen LogP contribution in [0.1, 0.15) is 256 Å². The lowest BCUT2D eigenvalue weighted by Crippen LogP contribution is -2.39. The number of nitrogens with two attached hydrogens (primary N) is 3. The number of fused-ring (bicyclic) bond motifs is 3. The van der Waals surface area contributed by atoms with Crippen LogP contribution in [0.3, 0.4) is 0 Å². The third kappa shape index (κ3) is 40.9. The first kappa shape index (κ1) is 109. The number of carboxylic acids is 1. The largest absolute Gasteiger partial charge is 0.481 e. The van der Waals surface area contributed by atoms with Crippen molar-refractivity contribution >= 4 is 130 Å². The molecule has 10 radical (unpaired) electrons. The summed E-state index contributed by atoms with van der Waals surface area (Å²) in [5.74, 6) is 0.897. The van der Waals surface area contributed by atoms with Gasteiger partial charge in [-0.2, -0.15) is 0 Å². The third-order valence-electron chi connectivity index (χ3n) is 27.7. The zero-order valence-electron chi connectivity index (χ0n) is 79.4. The molecule has 0 bridgehead atoms. The van der Waals surface area contributed by atoms with Crippen LogP contribution in [0.15, 0.2) is 152 Å². The monoisotopic (exact) mass is 1810 g/mol. The summed E-state index contributed by atoms with van der Waals surface area (Å²) in [4.78, 5) is 104. The van der Waals surface area contributed by atoms with E-state index in [2.05, 4.69) is 108 Å².